The quantitative estimate of drug-likeness (QED) is 0.862. The van der Waals surface area contributed by atoms with Gasteiger partial charge in [0.05, 0.1) is 6.61 Å². The predicted molar refractivity (Wildman–Crippen MR) is 80.5 cm³/mol. The summed E-state index contributed by atoms with van der Waals surface area (Å²) in [6.07, 6.45) is 0.913. The molecule has 2 rings (SSSR count). The molecule has 1 unspecified atom stereocenters. The van der Waals surface area contributed by atoms with Gasteiger partial charge in [0.1, 0.15) is 5.54 Å². The highest BCUT2D eigenvalue weighted by molar-refractivity contribution is 5.83. The van der Waals surface area contributed by atoms with Crippen molar-refractivity contribution >= 4 is 5.97 Å². The van der Waals surface area contributed by atoms with Crippen molar-refractivity contribution < 1.29 is 9.53 Å². The van der Waals surface area contributed by atoms with E-state index in [4.69, 9.17) is 4.74 Å². The van der Waals surface area contributed by atoms with Gasteiger partial charge in [-0.25, -0.2) is 4.79 Å². The zero-order valence-electron chi connectivity index (χ0n) is 13.1. The Labute approximate surface area is 121 Å². The van der Waals surface area contributed by atoms with Crippen LogP contribution in [0.15, 0.2) is 24.3 Å². The Balaban J connectivity index is 2.36. The van der Waals surface area contributed by atoms with Gasteiger partial charge in [-0.3, -0.25) is 5.32 Å². The minimum absolute atomic E-state index is 0.125. The molecule has 1 heterocycles. The fourth-order valence-corrected chi connectivity index (χ4v) is 2.97. The van der Waals surface area contributed by atoms with E-state index in [9.17, 15) is 4.79 Å². The van der Waals surface area contributed by atoms with Crippen LogP contribution < -0.4 is 5.32 Å². The molecule has 1 aliphatic rings. The number of carbonyl (C=O) groups is 1. The SMILES string of the molecule is CC(C)COC(=O)C1(C)NC(C)(C)Cc2ccccc21. The molecule has 3 nitrogen and oxygen atoms in total. The molecule has 0 bridgehead atoms. The van der Waals surface area contributed by atoms with E-state index in [2.05, 4.69) is 25.2 Å². The lowest BCUT2D eigenvalue weighted by Gasteiger charge is -2.44. The fraction of sp³-hybridized carbons (Fsp3) is 0.588. The minimum Gasteiger partial charge on any atom is -0.464 e. The Bertz CT molecular complexity index is 507. The molecule has 1 aliphatic heterocycles. The van der Waals surface area contributed by atoms with E-state index in [1.54, 1.807) is 0 Å². The first-order chi connectivity index (χ1) is 9.24. The van der Waals surface area contributed by atoms with Gasteiger partial charge in [-0.1, -0.05) is 38.1 Å². The van der Waals surface area contributed by atoms with Crippen LogP contribution in [0.5, 0.6) is 0 Å². The van der Waals surface area contributed by atoms with Crippen molar-refractivity contribution in [1.29, 1.82) is 0 Å². The third kappa shape index (κ3) is 2.88. The van der Waals surface area contributed by atoms with E-state index >= 15 is 0 Å². The Hall–Kier alpha value is -1.35. The van der Waals surface area contributed by atoms with E-state index < -0.39 is 5.54 Å². The predicted octanol–water partition coefficient (Wildman–Crippen LogP) is 3.03. The molecule has 1 N–H and O–H groups in total. The molecule has 1 aromatic carbocycles. The van der Waals surface area contributed by atoms with Gasteiger partial charge in [-0.2, -0.15) is 0 Å². The number of ether oxygens (including phenoxy) is 1. The summed E-state index contributed by atoms with van der Waals surface area (Å²) in [7, 11) is 0. The minimum atomic E-state index is -0.771. The number of nitrogens with one attached hydrogen (secondary N) is 1. The molecule has 0 fully saturated rings. The van der Waals surface area contributed by atoms with Gasteiger partial charge < -0.3 is 4.74 Å². The van der Waals surface area contributed by atoms with Gasteiger partial charge in [0, 0.05) is 5.54 Å². The van der Waals surface area contributed by atoms with Crippen molar-refractivity contribution in [3.8, 4) is 0 Å². The standard InChI is InChI=1S/C17H25NO2/c1-12(2)11-20-15(19)17(5)14-9-7-6-8-13(14)10-16(3,4)18-17/h6-9,12,18H,10-11H2,1-5H3. The zero-order valence-corrected chi connectivity index (χ0v) is 13.1. The van der Waals surface area contributed by atoms with Crippen LogP contribution in [0.2, 0.25) is 0 Å². The Kier molecular flexibility index (Phi) is 3.92. The third-order valence-corrected chi connectivity index (χ3v) is 3.73. The molecular weight excluding hydrogens is 250 g/mol. The second-order valence-electron chi connectivity index (χ2n) is 6.96. The Morgan fingerprint density at radius 3 is 2.60 bits per heavy atom. The molecule has 3 heteroatoms. The van der Waals surface area contributed by atoms with Crippen LogP contribution in [0.4, 0.5) is 0 Å². The Morgan fingerprint density at radius 2 is 1.95 bits per heavy atom. The van der Waals surface area contributed by atoms with Crippen molar-refractivity contribution in [2.24, 2.45) is 5.92 Å². The number of hydrogen-bond donors (Lipinski definition) is 1. The average Bonchev–Trinajstić information content (AvgIpc) is 2.34. The van der Waals surface area contributed by atoms with E-state index in [-0.39, 0.29) is 11.5 Å². The van der Waals surface area contributed by atoms with Crippen LogP contribution in [0.25, 0.3) is 0 Å². The summed E-state index contributed by atoms with van der Waals surface area (Å²) in [5.74, 6) is 0.154. The van der Waals surface area contributed by atoms with Crippen molar-refractivity contribution in [1.82, 2.24) is 5.32 Å². The summed E-state index contributed by atoms with van der Waals surface area (Å²) in [6, 6.07) is 8.13. The third-order valence-electron chi connectivity index (χ3n) is 3.73. The van der Waals surface area contributed by atoms with E-state index in [0.29, 0.717) is 12.5 Å². The van der Waals surface area contributed by atoms with Crippen LogP contribution in [-0.4, -0.2) is 18.1 Å². The van der Waals surface area contributed by atoms with Crippen molar-refractivity contribution in [3.05, 3.63) is 35.4 Å². The maximum atomic E-state index is 12.6. The van der Waals surface area contributed by atoms with Crippen molar-refractivity contribution in [2.75, 3.05) is 6.61 Å². The summed E-state index contributed by atoms with van der Waals surface area (Å²) in [5.41, 5.74) is 1.36. The molecule has 0 radical (unpaired) electrons. The number of hydrogen-bond acceptors (Lipinski definition) is 3. The van der Waals surface area contributed by atoms with Gasteiger partial charge in [0.25, 0.3) is 0 Å². The number of esters is 1. The van der Waals surface area contributed by atoms with Crippen molar-refractivity contribution in [2.45, 2.75) is 52.1 Å². The van der Waals surface area contributed by atoms with Crippen LogP contribution in [0.3, 0.4) is 0 Å². The van der Waals surface area contributed by atoms with Gasteiger partial charge >= 0.3 is 5.97 Å². The number of benzene rings is 1. The van der Waals surface area contributed by atoms with E-state index in [1.807, 2.05) is 39.0 Å². The van der Waals surface area contributed by atoms with Crippen LogP contribution >= 0.6 is 0 Å². The molecule has 0 amide bonds. The molecule has 110 valence electrons. The van der Waals surface area contributed by atoms with E-state index in [0.717, 1.165) is 12.0 Å². The second-order valence-corrected chi connectivity index (χ2v) is 6.96. The molecule has 0 spiro atoms. The van der Waals surface area contributed by atoms with Gasteiger partial charge in [-0.15, -0.1) is 0 Å². The Morgan fingerprint density at radius 1 is 1.30 bits per heavy atom. The molecule has 0 aliphatic carbocycles. The first-order valence-electron chi connectivity index (χ1n) is 7.29. The highest BCUT2D eigenvalue weighted by atomic mass is 16.5. The molecule has 1 aromatic rings. The first-order valence-corrected chi connectivity index (χ1v) is 7.29. The maximum Gasteiger partial charge on any atom is 0.330 e. The fourth-order valence-electron chi connectivity index (χ4n) is 2.97. The van der Waals surface area contributed by atoms with Gasteiger partial charge in [0.15, 0.2) is 0 Å². The molecule has 1 atom stereocenters. The lowest BCUT2D eigenvalue weighted by Crippen LogP contribution is -2.60. The monoisotopic (exact) mass is 275 g/mol. The molecule has 0 saturated heterocycles. The van der Waals surface area contributed by atoms with Crippen LogP contribution in [0, 0.1) is 5.92 Å². The molecular formula is C17H25NO2. The average molecular weight is 275 g/mol. The van der Waals surface area contributed by atoms with Crippen molar-refractivity contribution in [3.63, 3.8) is 0 Å². The summed E-state index contributed by atoms with van der Waals surface area (Å²) in [5, 5.41) is 3.47. The normalized spacial score (nSPS) is 24.3. The number of rotatable bonds is 3. The summed E-state index contributed by atoms with van der Waals surface area (Å²) in [4.78, 5) is 12.6. The second kappa shape index (κ2) is 5.21. The molecule has 0 saturated carbocycles. The zero-order chi connectivity index (χ0) is 15.0. The number of fused-ring (bicyclic) bond motifs is 1. The topological polar surface area (TPSA) is 38.3 Å². The molecule has 0 aromatic heterocycles. The lowest BCUT2D eigenvalue weighted by atomic mass is 9.77. The molecule has 20 heavy (non-hydrogen) atoms. The summed E-state index contributed by atoms with van der Waals surface area (Å²) >= 11 is 0. The highest BCUT2D eigenvalue weighted by Crippen LogP contribution is 2.35. The summed E-state index contributed by atoms with van der Waals surface area (Å²) < 4.78 is 5.49. The largest absolute Gasteiger partial charge is 0.464 e. The van der Waals surface area contributed by atoms with Crippen LogP contribution in [-0.2, 0) is 21.5 Å². The van der Waals surface area contributed by atoms with E-state index in [1.165, 1.54) is 5.56 Å². The van der Waals surface area contributed by atoms with Crippen LogP contribution in [0.1, 0.15) is 45.7 Å². The summed E-state index contributed by atoms with van der Waals surface area (Å²) in [6.45, 7) is 10.7. The van der Waals surface area contributed by atoms with Gasteiger partial charge in [-0.05, 0) is 44.2 Å². The first kappa shape index (κ1) is 15.0. The lowest BCUT2D eigenvalue weighted by molar-refractivity contribution is -0.154. The van der Waals surface area contributed by atoms with Gasteiger partial charge in [0.2, 0.25) is 0 Å². The highest BCUT2D eigenvalue weighted by Gasteiger charge is 2.45. The maximum absolute atomic E-state index is 12.6. The number of carbonyl (C=O) groups excluding carboxylic acids is 1. The smallest absolute Gasteiger partial charge is 0.330 e.